The molecule has 2 aliphatic rings. The van der Waals surface area contributed by atoms with Crippen molar-refractivity contribution in [3.63, 3.8) is 0 Å². The summed E-state index contributed by atoms with van der Waals surface area (Å²) in [5.74, 6) is 1.61. The van der Waals surface area contributed by atoms with E-state index in [2.05, 4.69) is 15.3 Å². The van der Waals surface area contributed by atoms with Crippen LogP contribution in [-0.4, -0.2) is 26.9 Å². The molecule has 2 heterocycles. The predicted octanol–water partition coefficient (Wildman–Crippen LogP) is 3.69. The maximum atomic E-state index is 13.0. The number of amides is 2. The lowest BCUT2D eigenvalue weighted by molar-refractivity contribution is 0.161. The van der Waals surface area contributed by atoms with Crippen molar-refractivity contribution < 1.29 is 9.21 Å². The molecule has 0 aliphatic heterocycles. The minimum Gasteiger partial charge on any atom is -0.467 e. The maximum Gasteiger partial charge on any atom is 0.318 e. The van der Waals surface area contributed by atoms with E-state index in [0.717, 1.165) is 54.9 Å². The molecule has 4 rings (SSSR count). The van der Waals surface area contributed by atoms with Crippen LogP contribution in [0.25, 0.3) is 0 Å². The monoisotopic (exact) mass is 340 g/mol. The van der Waals surface area contributed by atoms with Gasteiger partial charge in [0, 0.05) is 23.5 Å². The number of rotatable bonds is 4. The van der Waals surface area contributed by atoms with Gasteiger partial charge in [0.2, 0.25) is 0 Å². The number of furan rings is 1. The van der Waals surface area contributed by atoms with E-state index in [1.165, 1.54) is 0 Å². The number of carbonyl (C=O) groups excluding carboxylic acids is 1. The first-order valence-corrected chi connectivity index (χ1v) is 9.08. The van der Waals surface area contributed by atoms with E-state index in [1.807, 2.05) is 37.1 Å². The minimum absolute atomic E-state index is 0.0121. The van der Waals surface area contributed by atoms with Crippen molar-refractivity contribution in [1.82, 2.24) is 20.2 Å². The van der Waals surface area contributed by atoms with Gasteiger partial charge in [-0.15, -0.1) is 0 Å². The zero-order chi connectivity index (χ0) is 17.4. The summed E-state index contributed by atoms with van der Waals surface area (Å²) < 4.78 is 5.52. The van der Waals surface area contributed by atoms with Gasteiger partial charge in [-0.1, -0.05) is 0 Å². The first-order chi connectivity index (χ1) is 12.1. The van der Waals surface area contributed by atoms with E-state index in [1.54, 1.807) is 6.26 Å². The summed E-state index contributed by atoms with van der Waals surface area (Å²) in [5.41, 5.74) is 2.13. The quantitative estimate of drug-likeness (QED) is 0.921. The maximum absolute atomic E-state index is 13.0. The molecular weight excluding hydrogens is 316 g/mol. The van der Waals surface area contributed by atoms with Gasteiger partial charge in [0.1, 0.15) is 11.6 Å². The number of aromatic nitrogens is 2. The number of hydrogen-bond acceptors (Lipinski definition) is 4. The summed E-state index contributed by atoms with van der Waals surface area (Å²) in [7, 11) is 0. The van der Waals surface area contributed by atoms with Gasteiger partial charge in [-0.2, -0.15) is 0 Å². The fourth-order valence-electron chi connectivity index (χ4n) is 3.70. The Morgan fingerprint density at radius 3 is 2.96 bits per heavy atom. The van der Waals surface area contributed by atoms with E-state index < -0.39 is 0 Å². The molecule has 0 bridgehead atoms. The van der Waals surface area contributed by atoms with Crippen molar-refractivity contribution in [2.24, 2.45) is 0 Å². The van der Waals surface area contributed by atoms with Crippen molar-refractivity contribution in [3.05, 3.63) is 47.4 Å². The Morgan fingerprint density at radius 2 is 2.24 bits per heavy atom. The summed E-state index contributed by atoms with van der Waals surface area (Å²) in [6.07, 6.45) is 8.57. The van der Waals surface area contributed by atoms with Crippen molar-refractivity contribution >= 4 is 6.03 Å². The molecule has 0 aromatic carbocycles. The van der Waals surface area contributed by atoms with Crippen LogP contribution >= 0.6 is 0 Å². The second-order valence-corrected chi connectivity index (χ2v) is 7.04. The van der Waals surface area contributed by atoms with Crippen LogP contribution in [0, 0.1) is 6.92 Å². The molecule has 132 valence electrons. The number of carbonyl (C=O) groups is 1. The van der Waals surface area contributed by atoms with Gasteiger partial charge in [0.25, 0.3) is 0 Å². The Bertz CT molecular complexity index is 755. The molecule has 25 heavy (non-hydrogen) atoms. The lowest BCUT2D eigenvalue weighted by Crippen LogP contribution is -2.44. The van der Waals surface area contributed by atoms with Gasteiger partial charge in [-0.05, 0) is 58.1 Å². The Hall–Kier alpha value is -2.37. The van der Waals surface area contributed by atoms with Gasteiger partial charge in [-0.3, -0.25) is 0 Å². The number of urea groups is 1. The molecule has 1 N–H and O–H groups in total. The Kier molecular flexibility index (Phi) is 4.19. The molecule has 2 amide bonds. The van der Waals surface area contributed by atoms with Crippen molar-refractivity contribution in [1.29, 1.82) is 0 Å². The van der Waals surface area contributed by atoms with Crippen LogP contribution in [0.5, 0.6) is 0 Å². The molecule has 0 saturated heterocycles. The molecule has 0 radical (unpaired) electrons. The van der Waals surface area contributed by atoms with Gasteiger partial charge in [0.05, 0.1) is 18.3 Å². The third-order valence-electron chi connectivity index (χ3n) is 5.15. The molecule has 2 aromatic rings. The fraction of sp³-hybridized carbons (Fsp3) is 0.526. The van der Waals surface area contributed by atoms with Gasteiger partial charge < -0.3 is 14.6 Å². The van der Waals surface area contributed by atoms with Crippen molar-refractivity contribution in [3.8, 4) is 0 Å². The lowest BCUT2D eigenvalue weighted by atomic mass is 9.92. The van der Waals surface area contributed by atoms with Crippen molar-refractivity contribution in [2.75, 3.05) is 0 Å². The lowest BCUT2D eigenvalue weighted by Gasteiger charge is -2.32. The van der Waals surface area contributed by atoms with Crippen LogP contribution in [0.4, 0.5) is 4.79 Å². The molecule has 0 unspecified atom stereocenters. The largest absolute Gasteiger partial charge is 0.467 e. The SMILES string of the molecule is Cc1ncc2c(n1)CCC[C@@H]2NC(=O)N(C1CC1)[C@H](C)c1ccco1. The van der Waals surface area contributed by atoms with Crippen LogP contribution < -0.4 is 5.32 Å². The van der Waals surface area contributed by atoms with Crippen LogP contribution in [0.1, 0.15) is 67.5 Å². The third kappa shape index (κ3) is 3.25. The van der Waals surface area contributed by atoms with Gasteiger partial charge in [0.15, 0.2) is 0 Å². The average Bonchev–Trinajstić information content (AvgIpc) is 3.26. The molecule has 1 fully saturated rings. The highest BCUT2D eigenvalue weighted by Crippen LogP contribution is 2.35. The topological polar surface area (TPSA) is 71.3 Å². The van der Waals surface area contributed by atoms with Crippen LogP contribution in [0.15, 0.2) is 29.0 Å². The highest BCUT2D eigenvalue weighted by atomic mass is 16.3. The molecule has 2 aromatic heterocycles. The highest BCUT2D eigenvalue weighted by Gasteiger charge is 2.38. The summed E-state index contributed by atoms with van der Waals surface area (Å²) in [4.78, 5) is 23.8. The van der Waals surface area contributed by atoms with Crippen molar-refractivity contribution in [2.45, 2.75) is 64.1 Å². The second-order valence-electron chi connectivity index (χ2n) is 7.04. The zero-order valence-corrected chi connectivity index (χ0v) is 14.7. The number of aryl methyl sites for hydroxylation is 2. The zero-order valence-electron chi connectivity index (χ0n) is 14.7. The molecule has 0 spiro atoms. The smallest absolute Gasteiger partial charge is 0.318 e. The Morgan fingerprint density at radius 1 is 1.40 bits per heavy atom. The standard InChI is InChI=1S/C19H24N4O2/c1-12(18-7-4-10-25-18)23(14-8-9-14)19(24)22-17-6-3-5-16-15(17)11-20-13(2)21-16/h4,7,10-12,14,17H,3,5-6,8-9H2,1-2H3,(H,22,24)/t12-,17+/m1/s1. The Labute approximate surface area is 147 Å². The van der Waals surface area contributed by atoms with Crippen LogP contribution in [0.3, 0.4) is 0 Å². The van der Waals surface area contributed by atoms with Crippen LogP contribution in [0.2, 0.25) is 0 Å². The summed E-state index contributed by atoms with van der Waals surface area (Å²) >= 11 is 0. The predicted molar refractivity (Wildman–Crippen MR) is 93.0 cm³/mol. The molecule has 6 heteroatoms. The molecule has 6 nitrogen and oxygen atoms in total. The van der Waals surface area contributed by atoms with Crippen LogP contribution in [-0.2, 0) is 6.42 Å². The number of fused-ring (bicyclic) bond motifs is 1. The van der Waals surface area contributed by atoms with E-state index in [4.69, 9.17) is 4.42 Å². The summed E-state index contributed by atoms with van der Waals surface area (Å²) in [6.45, 7) is 3.93. The number of nitrogens with one attached hydrogen (secondary N) is 1. The molecule has 2 aliphatic carbocycles. The first kappa shape index (κ1) is 16.1. The normalized spacial score (nSPS) is 20.6. The van der Waals surface area contributed by atoms with Gasteiger partial charge in [-0.25, -0.2) is 14.8 Å². The first-order valence-electron chi connectivity index (χ1n) is 9.08. The average molecular weight is 340 g/mol. The summed E-state index contributed by atoms with van der Waals surface area (Å²) in [6, 6.07) is 4.00. The van der Waals surface area contributed by atoms with E-state index in [0.29, 0.717) is 6.04 Å². The Balaban J connectivity index is 1.53. The fourth-order valence-corrected chi connectivity index (χ4v) is 3.70. The summed E-state index contributed by atoms with van der Waals surface area (Å²) in [5, 5.41) is 3.22. The molecule has 1 saturated carbocycles. The second kappa shape index (κ2) is 6.50. The third-order valence-corrected chi connectivity index (χ3v) is 5.15. The van der Waals surface area contributed by atoms with E-state index in [9.17, 15) is 4.79 Å². The van der Waals surface area contributed by atoms with E-state index in [-0.39, 0.29) is 18.1 Å². The minimum atomic E-state index is -0.0696. The van der Waals surface area contributed by atoms with Gasteiger partial charge >= 0.3 is 6.03 Å². The number of hydrogen-bond donors (Lipinski definition) is 1. The van der Waals surface area contributed by atoms with E-state index >= 15 is 0 Å². The molecule has 2 atom stereocenters. The molecular formula is C19H24N4O2. The highest BCUT2D eigenvalue weighted by molar-refractivity contribution is 5.76. The number of nitrogens with zero attached hydrogens (tertiary/aromatic N) is 3.